The van der Waals surface area contributed by atoms with Crippen molar-refractivity contribution >= 4 is 58.6 Å². The molecule has 88 heavy (non-hydrogen) atoms. The highest BCUT2D eigenvalue weighted by molar-refractivity contribution is 6.24. The first-order valence-electron chi connectivity index (χ1n) is 27.7. The number of nitrogens with two attached hydrogens (primary N) is 5. The summed E-state index contributed by atoms with van der Waals surface area (Å²) in [5, 5.41) is 159. The van der Waals surface area contributed by atoms with E-state index < -0.39 is 210 Å². The zero-order valence-corrected chi connectivity index (χ0v) is 47.5. The minimum Gasteiger partial charge on any atom is -0.508 e. The van der Waals surface area contributed by atoms with E-state index in [2.05, 4.69) is 36.6 Å². The number of guanidine groups is 2. The van der Waals surface area contributed by atoms with Crippen molar-refractivity contribution in [1.29, 1.82) is 0 Å². The van der Waals surface area contributed by atoms with Gasteiger partial charge in [-0.05, 0) is 57.1 Å². The Labute approximate surface area is 500 Å². The Bertz CT molecular complexity index is 3130. The number of benzene rings is 2. The topological polar surface area (TPSA) is 603 Å². The van der Waals surface area contributed by atoms with E-state index in [1.807, 2.05) is 0 Å². The lowest BCUT2D eigenvalue weighted by atomic mass is 9.54. The van der Waals surface area contributed by atoms with Gasteiger partial charge in [0.2, 0.25) is 5.78 Å². The fourth-order valence-electron chi connectivity index (χ4n) is 12.4. The average Bonchev–Trinajstić information content (AvgIpc) is 0.865. The number of amides is 5. The van der Waals surface area contributed by atoms with Crippen LogP contribution in [0.2, 0.25) is 0 Å². The smallest absolute Gasteiger partial charge is 0.319 e. The lowest BCUT2D eigenvalue weighted by molar-refractivity contribution is -0.327. The molecule has 0 spiro atoms. The summed E-state index contributed by atoms with van der Waals surface area (Å²) in [6.45, 7) is -0.0731. The number of hydrogen-bond donors (Lipinski definition) is 23. The molecule has 4 aliphatic carbocycles. The number of phenolic OH excluding ortho intramolecular Hbond substituents is 1. The number of aliphatic hydroxyl groups is 12. The van der Waals surface area contributed by atoms with Gasteiger partial charge in [0.1, 0.15) is 89.4 Å². The third-order valence-corrected chi connectivity index (χ3v) is 17.0. The monoisotopic (exact) mass is 1250 g/mol. The molecule has 28 N–H and O–H groups in total. The van der Waals surface area contributed by atoms with Crippen LogP contribution in [0.25, 0.3) is 5.76 Å². The molecule has 2 aliphatic heterocycles. The van der Waals surface area contributed by atoms with E-state index in [4.69, 9.17) is 47.6 Å². The van der Waals surface area contributed by atoms with Crippen LogP contribution in [0.3, 0.4) is 0 Å². The summed E-state index contributed by atoms with van der Waals surface area (Å²) in [6.07, 6.45) is -19.6. The van der Waals surface area contributed by atoms with Crippen molar-refractivity contribution in [3.63, 3.8) is 0 Å². The molecule has 35 nitrogen and oxygen atoms in total. The quantitative estimate of drug-likeness (QED) is 0.0269. The van der Waals surface area contributed by atoms with Crippen LogP contribution in [0, 0.1) is 11.8 Å². The first kappa shape index (κ1) is 66.5. The van der Waals surface area contributed by atoms with Gasteiger partial charge in [-0.15, -0.1) is 0 Å². The number of carbonyl (C=O) groups excluding carboxylic acids is 5. The van der Waals surface area contributed by atoms with E-state index in [0.717, 1.165) is 0 Å². The number of aliphatic imine (C=N–C) groups is 2. The van der Waals surface area contributed by atoms with Crippen LogP contribution in [0.15, 0.2) is 69.4 Å². The zero-order valence-electron chi connectivity index (χ0n) is 47.5. The highest BCUT2D eigenvalue weighted by Gasteiger charge is 2.67. The van der Waals surface area contributed by atoms with Crippen LogP contribution in [-0.4, -0.2) is 262 Å². The second-order valence-electron chi connectivity index (χ2n) is 22.5. The Morgan fingerprint density at radius 2 is 1.39 bits per heavy atom. The number of phenols is 1. The van der Waals surface area contributed by atoms with Crippen LogP contribution in [0.4, 0.5) is 21.0 Å². The van der Waals surface area contributed by atoms with Gasteiger partial charge in [0.15, 0.2) is 35.9 Å². The van der Waals surface area contributed by atoms with Crippen LogP contribution >= 0.6 is 0 Å². The SMILES string of the molecule is C[C@@H]1O[C@@H](O[C@@H]2C(O)[C@@H](O)C(N=C(N)N)C(O)[C@@H]2N=C(N)N)C(O[C@@H]2OC(CO)[C@H](O)[C@H](O)C2N(C)CCNC(=O)Nc2cccc(NC(=O)NCCNC3C(=O)C(C(N)=O)=C(O)[C@@]4(O)C(=O)C5=C(O)c6c(O)cccc6[C@@](C)(O)[C@H]5C[C@@H]34)c2)[C@]1(O)CO. The number of urea groups is 2. The number of aliphatic hydroxyl groups excluding tert-OH is 9. The summed E-state index contributed by atoms with van der Waals surface area (Å²) in [6, 6.07) is 2.08. The van der Waals surface area contributed by atoms with Crippen molar-refractivity contribution in [3.8, 4) is 5.75 Å². The molecular weight excluding hydrogens is 1170 g/mol. The third-order valence-electron chi connectivity index (χ3n) is 17.0. The third kappa shape index (κ3) is 12.2. The second-order valence-corrected chi connectivity index (χ2v) is 22.5. The van der Waals surface area contributed by atoms with Crippen molar-refractivity contribution in [2.24, 2.45) is 50.5 Å². The number of ether oxygens (including phenoxy) is 4. The normalized spacial score (nSPS) is 36.2. The van der Waals surface area contributed by atoms with E-state index in [1.54, 1.807) is 0 Å². The molecule has 0 aromatic heterocycles. The standard InChI is InChI=1S/C53H75N13O22/c1-18-52(83,17-68)43(46(85-18)87-40-31(65-48(57)58)36(73)30(64-47(55)56)37(74)39(40)76)88-45-32(38(75)33(70)25(16-67)86-45)66(3)13-12-61-50(81)63-20-7-4-6-19(14-20)62-49(80)60-11-10-59-29-23-15-22-27(34(71)26-21(51(22,2)82)8-5-9-24(26)69)41(77)53(23,84)42(78)28(35(29)72)44(54)79/h4-9,14,18,22-23,25,29-33,36-40,43,45-46,59,67-71,73-76,78,82-84H,10-13,15-17H2,1-3H3,(H2,54,79)(H4,55,56,64)(H4,57,58,65)(H2,60,62,80)(H2,61,63,81)/t18-,22-,23-,25?,29?,30?,31-,32?,33-,36?,37-,38+,39?,40-,43?,45-,46-,51+,52-,53-/m0/s1. The molecule has 2 saturated heterocycles. The Hall–Kier alpha value is -7.43. The minimum absolute atomic E-state index is 0.0333. The highest BCUT2D eigenvalue weighted by atomic mass is 16.8. The summed E-state index contributed by atoms with van der Waals surface area (Å²) in [5.74, 6) is -10.6. The van der Waals surface area contributed by atoms with Crippen molar-refractivity contribution in [2.45, 2.75) is 129 Å². The molecule has 5 amide bonds. The molecule has 6 aliphatic rings. The van der Waals surface area contributed by atoms with Crippen molar-refractivity contribution in [1.82, 2.24) is 20.9 Å². The molecule has 2 aromatic carbocycles. The number of Topliss-reactive ketones (excluding diaryl/α,β-unsaturated/α-hetero) is 2. The van der Waals surface area contributed by atoms with Gasteiger partial charge in [-0.1, -0.05) is 18.2 Å². The number of aromatic hydroxyl groups is 1. The molecule has 2 aromatic rings. The number of ketones is 2. The zero-order chi connectivity index (χ0) is 64.8. The summed E-state index contributed by atoms with van der Waals surface area (Å²) >= 11 is 0. The number of likely N-dealkylation sites (N-methyl/N-ethyl adjacent to an activating group) is 1. The van der Waals surface area contributed by atoms with Crippen LogP contribution in [0.5, 0.6) is 5.75 Å². The molecule has 7 unspecified atom stereocenters. The summed E-state index contributed by atoms with van der Waals surface area (Å²) in [4.78, 5) is 76.2. The molecule has 0 radical (unpaired) electrons. The lowest BCUT2D eigenvalue weighted by Gasteiger charge is -2.52. The van der Waals surface area contributed by atoms with E-state index in [0.29, 0.717) is 0 Å². The maximum Gasteiger partial charge on any atom is 0.319 e. The number of fused-ring (bicyclic) bond motifs is 3. The maximum absolute atomic E-state index is 14.3. The Kier molecular flexibility index (Phi) is 19.6. The summed E-state index contributed by atoms with van der Waals surface area (Å²) in [7, 11) is 1.44. The second kappa shape index (κ2) is 26.0. The number of nitrogens with one attached hydrogen (secondary N) is 5. The van der Waals surface area contributed by atoms with Crippen molar-refractivity contribution < 1.29 is 109 Å². The van der Waals surface area contributed by atoms with Crippen molar-refractivity contribution in [3.05, 3.63) is 70.5 Å². The largest absolute Gasteiger partial charge is 0.508 e. The fourth-order valence-corrected chi connectivity index (χ4v) is 12.4. The van der Waals surface area contributed by atoms with Gasteiger partial charge in [0.25, 0.3) is 5.91 Å². The minimum atomic E-state index is -3.03. The lowest BCUT2D eigenvalue weighted by Crippen LogP contribution is -2.67. The molecule has 4 fully saturated rings. The Morgan fingerprint density at radius 1 is 0.773 bits per heavy atom. The number of nitrogens with zero attached hydrogens (tertiary/aromatic N) is 3. The van der Waals surface area contributed by atoms with Gasteiger partial charge >= 0.3 is 12.1 Å². The van der Waals surface area contributed by atoms with Gasteiger partial charge in [-0.25, -0.2) is 19.6 Å². The molecule has 35 heteroatoms. The number of carbonyl (C=O) groups is 5. The van der Waals surface area contributed by atoms with E-state index in [9.17, 15) is 90.4 Å². The average molecular weight is 1250 g/mol. The molecule has 8 rings (SSSR count). The number of anilines is 2. The van der Waals surface area contributed by atoms with E-state index >= 15 is 0 Å². The fraction of sp³-hybridized carbons (Fsp3) is 0.566. The molecule has 20 atom stereocenters. The molecule has 0 bridgehead atoms. The number of rotatable bonds is 19. The van der Waals surface area contributed by atoms with E-state index in [1.165, 1.54) is 68.3 Å². The molecule has 2 heterocycles. The number of primary amides is 1. The van der Waals surface area contributed by atoms with Gasteiger partial charge in [0.05, 0.1) is 42.6 Å². The van der Waals surface area contributed by atoms with Crippen LogP contribution in [0.1, 0.15) is 31.4 Å². The molecule has 484 valence electrons. The maximum atomic E-state index is 14.3. The van der Waals surface area contributed by atoms with Gasteiger partial charge in [0, 0.05) is 55.0 Å². The van der Waals surface area contributed by atoms with Gasteiger partial charge in [-0.3, -0.25) is 19.3 Å². The molecule has 2 saturated carbocycles. The Morgan fingerprint density at radius 3 is 1.99 bits per heavy atom. The molecular formula is C53H75N13O22. The Balaban J connectivity index is 0.875. The van der Waals surface area contributed by atoms with Gasteiger partial charge in [-0.2, -0.15) is 0 Å². The number of hydrogen-bond acceptors (Lipinski definition) is 26. The summed E-state index contributed by atoms with van der Waals surface area (Å²) < 4.78 is 24.1. The van der Waals surface area contributed by atoms with Crippen LogP contribution < -0.4 is 55.3 Å². The van der Waals surface area contributed by atoms with Crippen LogP contribution in [-0.2, 0) is 38.9 Å². The first-order chi connectivity index (χ1) is 41.3. The predicted octanol–water partition coefficient (Wildman–Crippen LogP) is -8.04. The first-order valence-corrected chi connectivity index (χ1v) is 27.7. The van der Waals surface area contributed by atoms with Crippen molar-refractivity contribution in [2.75, 3.05) is 57.1 Å². The van der Waals surface area contributed by atoms with Gasteiger partial charge < -0.3 is 141 Å². The summed E-state index contributed by atoms with van der Waals surface area (Å²) in [5.41, 5.74) is 18.8. The highest BCUT2D eigenvalue weighted by Crippen LogP contribution is 2.57. The van der Waals surface area contributed by atoms with E-state index in [-0.39, 0.29) is 48.7 Å². The predicted molar refractivity (Wildman–Crippen MR) is 302 cm³/mol.